The first kappa shape index (κ1) is 23.6. The van der Waals surface area contributed by atoms with Crippen molar-refractivity contribution in [3.63, 3.8) is 0 Å². The zero-order valence-corrected chi connectivity index (χ0v) is 19.2. The number of sulfonamides is 1. The number of aliphatic hydroxyl groups excluding tert-OH is 2. The number of aliphatic hydroxyl groups is 2. The van der Waals surface area contributed by atoms with Gasteiger partial charge in [-0.3, -0.25) is 9.69 Å². The van der Waals surface area contributed by atoms with Gasteiger partial charge in [-0.1, -0.05) is 49.2 Å². The summed E-state index contributed by atoms with van der Waals surface area (Å²) in [5, 5.41) is 19.2. The van der Waals surface area contributed by atoms with Gasteiger partial charge in [-0.2, -0.15) is 4.31 Å². The lowest BCUT2D eigenvalue weighted by atomic mass is 10.1. The van der Waals surface area contributed by atoms with Gasteiger partial charge in [0.25, 0.3) is 5.91 Å². The molecule has 1 amide bonds. The van der Waals surface area contributed by atoms with Gasteiger partial charge in [-0.05, 0) is 30.5 Å². The lowest BCUT2D eigenvalue weighted by molar-refractivity contribution is -0.114. The van der Waals surface area contributed by atoms with Crippen LogP contribution in [-0.2, 0) is 21.2 Å². The fourth-order valence-corrected chi connectivity index (χ4v) is 6.10. The van der Waals surface area contributed by atoms with Crippen molar-refractivity contribution < 1.29 is 23.4 Å². The molecule has 1 aliphatic carbocycles. The fourth-order valence-electron chi connectivity index (χ4n) is 4.43. The summed E-state index contributed by atoms with van der Waals surface area (Å²) in [6.45, 7) is -0.287. The molecule has 9 heteroatoms. The first-order chi connectivity index (χ1) is 15.9. The number of hydrogen-bond donors (Lipinski definition) is 2. The van der Waals surface area contributed by atoms with E-state index in [9.17, 15) is 23.4 Å². The highest BCUT2D eigenvalue weighted by Gasteiger charge is 2.35. The number of nitrogens with zero attached hydrogens (tertiary/aromatic N) is 3. The van der Waals surface area contributed by atoms with Crippen LogP contribution in [0.2, 0.25) is 0 Å². The molecule has 176 valence electrons. The van der Waals surface area contributed by atoms with Crippen molar-refractivity contribution in [3.8, 4) is 0 Å². The Morgan fingerprint density at radius 1 is 1.12 bits per heavy atom. The predicted molar refractivity (Wildman–Crippen MR) is 124 cm³/mol. The second-order valence-corrected chi connectivity index (χ2v) is 10.4. The van der Waals surface area contributed by atoms with E-state index in [1.165, 1.54) is 21.5 Å². The quantitative estimate of drug-likeness (QED) is 0.578. The Morgan fingerprint density at radius 3 is 2.48 bits per heavy atom. The Labute approximate surface area is 194 Å². The Morgan fingerprint density at radius 2 is 1.85 bits per heavy atom. The van der Waals surface area contributed by atoms with E-state index in [2.05, 4.69) is 4.98 Å². The number of hydrogen-bond acceptors (Lipinski definition) is 6. The molecular formula is C24H29N3O5S. The molecule has 1 saturated carbocycles. The molecule has 0 spiro atoms. The normalized spacial score (nSPS) is 18.2. The van der Waals surface area contributed by atoms with Gasteiger partial charge in [0.05, 0.1) is 12.7 Å². The molecule has 2 aliphatic rings. The van der Waals surface area contributed by atoms with Crippen LogP contribution in [0.1, 0.15) is 31.2 Å². The van der Waals surface area contributed by atoms with Crippen molar-refractivity contribution in [1.29, 1.82) is 0 Å². The predicted octanol–water partition coefficient (Wildman–Crippen LogP) is 1.88. The molecule has 0 bridgehead atoms. The second kappa shape index (κ2) is 10.1. The van der Waals surface area contributed by atoms with Crippen molar-refractivity contribution in [2.45, 2.75) is 49.1 Å². The van der Waals surface area contributed by atoms with Crippen LogP contribution < -0.4 is 4.90 Å². The van der Waals surface area contributed by atoms with E-state index >= 15 is 0 Å². The topological polar surface area (TPSA) is 111 Å². The molecule has 8 nitrogen and oxygen atoms in total. The third-order valence-electron chi connectivity index (χ3n) is 6.21. The van der Waals surface area contributed by atoms with Gasteiger partial charge in [0.1, 0.15) is 10.7 Å². The van der Waals surface area contributed by atoms with Gasteiger partial charge in [-0.25, -0.2) is 13.4 Å². The van der Waals surface area contributed by atoms with Crippen molar-refractivity contribution in [3.05, 3.63) is 65.9 Å². The van der Waals surface area contributed by atoms with Crippen LogP contribution in [0.15, 0.2) is 65.2 Å². The highest BCUT2D eigenvalue weighted by Crippen LogP contribution is 2.30. The zero-order valence-electron chi connectivity index (χ0n) is 18.4. The van der Waals surface area contributed by atoms with Crippen molar-refractivity contribution in [2.75, 3.05) is 24.6 Å². The third kappa shape index (κ3) is 5.16. The lowest BCUT2D eigenvalue weighted by Crippen LogP contribution is -2.44. The van der Waals surface area contributed by atoms with E-state index in [0.29, 0.717) is 24.4 Å². The maximum absolute atomic E-state index is 13.3. The number of pyridine rings is 1. The number of benzene rings is 1. The number of carbonyl (C=O) groups is 1. The number of amides is 1. The standard InChI is InChI=1S/C24H29N3O5S/c28-17-21(29)16-27(20-8-4-5-9-20)33(31,32)22-10-11-23(25-15-22)26-13-12-19(24(26)30)14-18-6-2-1-3-7-18/h1-3,6-7,10-12,15,20-21,28-29H,4-5,8-9,13-14,16-17H2/t21-/m0/s1. The summed E-state index contributed by atoms with van der Waals surface area (Å²) < 4.78 is 27.9. The maximum Gasteiger partial charge on any atom is 0.255 e. The molecule has 2 heterocycles. The highest BCUT2D eigenvalue weighted by atomic mass is 32.2. The van der Waals surface area contributed by atoms with E-state index in [0.717, 1.165) is 31.2 Å². The molecule has 1 atom stereocenters. The Bertz CT molecular complexity index is 1100. The van der Waals surface area contributed by atoms with Crippen LogP contribution in [-0.4, -0.2) is 65.7 Å². The molecule has 1 aliphatic heterocycles. The minimum atomic E-state index is -3.91. The van der Waals surface area contributed by atoms with Crippen LogP contribution in [0.4, 0.5) is 5.82 Å². The molecule has 0 unspecified atom stereocenters. The summed E-state index contributed by atoms with van der Waals surface area (Å²) in [6.07, 6.45) is 5.83. The molecule has 4 rings (SSSR count). The Hall–Kier alpha value is -2.59. The molecule has 0 saturated heterocycles. The summed E-state index contributed by atoms with van der Waals surface area (Å²) >= 11 is 0. The number of anilines is 1. The number of rotatable bonds is 9. The monoisotopic (exact) mass is 471 g/mol. The van der Waals surface area contributed by atoms with Gasteiger partial charge >= 0.3 is 0 Å². The van der Waals surface area contributed by atoms with Crippen LogP contribution >= 0.6 is 0 Å². The van der Waals surface area contributed by atoms with E-state index in [1.54, 1.807) is 6.07 Å². The van der Waals surface area contributed by atoms with Gasteiger partial charge in [0.15, 0.2) is 0 Å². The molecular weight excluding hydrogens is 442 g/mol. The average molecular weight is 472 g/mol. The zero-order chi connectivity index (χ0) is 23.4. The van der Waals surface area contributed by atoms with Crippen LogP contribution in [0.25, 0.3) is 0 Å². The van der Waals surface area contributed by atoms with Crippen LogP contribution in [0.3, 0.4) is 0 Å². The SMILES string of the molecule is O=C1C(Cc2ccccc2)=CCN1c1ccc(S(=O)(=O)N(C[C@H](O)CO)C2CCCC2)cn1. The molecule has 0 radical (unpaired) electrons. The summed E-state index contributed by atoms with van der Waals surface area (Å²) in [4.78, 5) is 18.7. The van der Waals surface area contributed by atoms with Gasteiger partial charge in [-0.15, -0.1) is 0 Å². The largest absolute Gasteiger partial charge is 0.394 e. The van der Waals surface area contributed by atoms with Crippen LogP contribution in [0.5, 0.6) is 0 Å². The van der Waals surface area contributed by atoms with Gasteiger partial charge in [0.2, 0.25) is 10.0 Å². The summed E-state index contributed by atoms with van der Waals surface area (Å²) in [5.74, 6) is 0.252. The van der Waals surface area contributed by atoms with Crippen molar-refractivity contribution in [2.24, 2.45) is 0 Å². The summed E-state index contributed by atoms with van der Waals surface area (Å²) in [7, 11) is -3.91. The van der Waals surface area contributed by atoms with E-state index in [1.807, 2.05) is 36.4 Å². The Kier molecular flexibility index (Phi) is 7.23. The average Bonchev–Trinajstić information content (AvgIpc) is 3.48. The van der Waals surface area contributed by atoms with E-state index in [4.69, 9.17) is 0 Å². The third-order valence-corrected chi connectivity index (χ3v) is 8.12. The minimum absolute atomic E-state index is 0.00686. The molecule has 2 aromatic rings. The van der Waals surface area contributed by atoms with E-state index < -0.39 is 22.7 Å². The minimum Gasteiger partial charge on any atom is -0.394 e. The van der Waals surface area contributed by atoms with E-state index in [-0.39, 0.29) is 23.4 Å². The first-order valence-corrected chi connectivity index (χ1v) is 12.7. The fraction of sp³-hybridized carbons (Fsp3) is 0.417. The summed E-state index contributed by atoms with van der Waals surface area (Å²) in [6, 6.07) is 12.5. The van der Waals surface area contributed by atoms with Crippen molar-refractivity contribution >= 4 is 21.7 Å². The first-order valence-electron chi connectivity index (χ1n) is 11.2. The number of aromatic nitrogens is 1. The molecule has 33 heavy (non-hydrogen) atoms. The van der Waals surface area contributed by atoms with Gasteiger partial charge in [0, 0.05) is 37.3 Å². The number of carbonyl (C=O) groups excluding carboxylic acids is 1. The molecule has 1 aromatic carbocycles. The van der Waals surface area contributed by atoms with Crippen LogP contribution in [0, 0.1) is 0 Å². The van der Waals surface area contributed by atoms with Gasteiger partial charge < -0.3 is 10.2 Å². The molecule has 2 N–H and O–H groups in total. The highest BCUT2D eigenvalue weighted by molar-refractivity contribution is 7.89. The molecule has 1 aromatic heterocycles. The smallest absolute Gasteiger partial charge is 0.255 e. The second-order valence-electron chi connectivity index (χ2n) is 8.51. The molecule has 1 fully saturated rings. The van der Waals surface area contributed by atoms with Crippen molar-refractivity contribution in [1.82, 2.24) is 9.29 Å². The lowest BCUT2D eigenvalue weighted by Gasteiger charge is -2.29. The maximum atomic E-state index is 13.3. The summed E-state index contributed by atoms with van der Waals surface area (Å²) in [5.41, 5.74) is 1.73. The Balaban J connectivity index is 1.49.